The summed E-state index contributed by atoms with van der Waals surface area (Å²) in [6, 6.07) is 4.76. The van der Waals surface area contributed by atoms with Gasteiger partial charge in [0.25, 0.3) is 10.0 Å². The average Bonchev–Trinajstić information content (AvgIpc) is 2.73. The van der Waals surface area contributed by atoms with Crippen molar-refractivity contribution in [1.82, 2.24) is 9.19 Å². The third-order valence-corrected chi connectivity index (χ3v) is 5.38. The highest BCUT2D eigenvalue weighted by atomic mass is 35.5. The van der Waals surface area contributed by atoms with Crippen LogP contribution in [0.15, 0.2) is 22.4 Å². The van der Waals surface area contributed by atoms with Gasteiger partial charge in [-0.05, 0) is 32.0 Å². The first-order chi connectivity index (χ1) is 7.41. The van der Waals surface area contributed by atoms with Crippen LogP contribution in [0, 0.1) is 13.8 Å². The zero-order chi connectivity index (χ0) is 11.9. The molecule has 0 aliphatic heterocycles. The van der Waals surface area contributed by atoms with E-state index in [1.54, 1.807) is 26.0 Å². The van der Waals surface area contributed by atoms with Gasteiger partial charge in [0.1, 0.15) is 4.21 Å². The van der Waals surface area contributed by atoms with Gasteiger partial charge in [0, 0.05) is 0 Å². The maximum Gasteiger partial charge on any atom is 0.292 e. The van der Waals surface area contributed by atoms with Crippen molar-refractivity contribution in [1.29, 1.82) is 0 Å². The van der Waals surface area contributed by atoms with E-state index < -0.39 is 10.0 Å². The van der Waals surface area contributed by atoms with Crippen molar-refractivity contribution < 1.29 is 8.42 Å². The number of nitrogens with zero attached hydrogens (tertiary/aromatic N) is 2. The molecule has 0 saturated heterocycles. The van der Waals surface area contributed by atoms with E-state index in [4.69, 9.17) is 11.6 Å². The van der Waals surface area contributed by atoms with E-state index in [1.807, 2.05) is 0 Å². The summed E-state index contributed by atoms with van der Waals surface area (Å²) in [6.07, 6.45) is 0. The molecule has 0 amide bonds. The molecule has 16 heavy (non-hydrogen) atoms. The third kappa shape index (κ3) is 1.88. The van der Waals surface area contributed by atoms with Gasteiger partial charge in [0.15, 0.2) is 0 Å². The topological polar surface area (TPSA) is 52.0 Å². The first kappa shape index (κ1) is 11.6. The number of hydrogen-bond acceptors (Lipinski definition) is 4. The number of halogens is 1. The Labute approximate surface area is 103 Å². The van der Waals surface area contributed by atoms with Gasteiger partial charge in [-0.2, -0.15) is 17.6 Å². The van der Waals surface area contributed by atoms with E-state index in [0.29, 0.717) is 15.7 Å². The van der Waals surface area contributed by atoms with Crippen molar-refractivity contribution in [2.75, 3.05) is 0 Å². The fourth-order valence-electron chi connectivity index (χ4n) is 1.37. The second kappa shape index (κ2) is 3.87. The molecular formula is C9H9ClN2O2S2. The van der Waals surface area contributed by atoms with E-state index in [9.17, 15) is 8.42 Å². The van der Waals surface area contributed by atoms with E-state index >= 15 is 0 Å². The molecule has 0 N–H and O–H groups in total. The molecule has 0 fully saturated rings. The fourth-order valence-corrected chi connectivity index (χ4v) is 4.27. The number of thiophene rings is 1. The normalized spacial score (nSPS) is 11.9. The van der Waals surface area contributed by atoms with Crippen molar-refractivity contribution in [3.05, 3.63) is 33.9 Å². The van der Waals surface area contributed by atoms with Gasteiger partial charge < -0.3 is 0 Å². The second-order valence-corrected chi connectivity index (χ2v) is 7.04. The van der Waals surface area contributed by atoms with Crippen LogP contribution >= 0.6 is 22.9 Å². The van der Waals surface area contributed by atoms with Crippen LogP contribution in [0.25, 0.3) is 0 Å². The van der Waals surface area contributed by atoms with Crippen LogP contribution in [0.3, 0.4) is 0 Å². The Bertz CT molecular complexity index is 628. The predicted octanol–water partition coefficient (Wildman–Crippen LogP) is 2.45. The van der Waals surface area contributed by atoms with Crippen molar-refractivity contribution in [3.8, 4) is 0 Å². The molecule has 86 valence electrons. The van der Waals surface area contributed by atoms with Crippen LogP contribution in [0.2, 0.25) is 4.34 Å². The number of aryl methyl sites for hydroxylation is 2. The zero-order valence-corrected chi connectivity index (χ0v) is 11.0. The highest BCUT2D eigenvalue weighted by Gasteiger charge is 2.21. The summed E-state index contributed by atoms with van der Waals surface area (Å²) in [6.45, 7) is 3.45. The van der Waals surface area contributed by atoms with E-state index in [1.165, 1.54) is 6.07 Å². The Morgan fingerprint density at radius 1 is 1.38 bits per heavy atom. The molecule has 7 heteroatoms. The van der Waals surface area contributed by atoms with E-state index in [0.717, 1.165) is 15.4 Å². The lowest BCUT2D eigenvalue weighted by atomic mass is 10.4. The maximum atomic E-state index is 12.1. The molecule has 0 unspecified atom stereocenters. The summed E-state index contributed by atoms with van der Waals surface area (Å²) in [4.78, 5) is 0. The summed E-state index contributed by atoms with van der Waals surface area (Å²) >= 11 is 6.75. The van der Waals surface area contributed by atoms with Crippen molar-refractivity contribution in [2.24, 2.45) is 0 Å². The van der Waals surface area contributed by atoms with E-state index in [2.05, 4.69) is 5.10 Å². The monoisotopic (exact) mass is 276 g/mol. The van der Waals surface area contributed by atoms with Crippen molar-refractivity contribution >= 4 is 33.0 Å². The smallest absolute Gasteiger partial charge is 0.198 e. The zero-order valence-electron chi connectivity index (χ0n) is 8.64. The Morgan fingerprint density at radius 2 is 2.06 bits per heavy atom. The minimum Gasteiger partial charge on any atom is -0.198 e. The largest absolute Gasteiger partial charge is 0.292 e. The molecular weight excluding hydrogens is 268 g/mol. The third-order valence-electron chi connectivity index (χ3n) is 2.00. The summed E-state index contributed by atoms with van der Waals surface area (Å²) < 4.78 is 25.9. The van der Waals surface area contributed by atoms with Gasteiger partial charge in [-0.3, -0.25) is 0 Å². The van der Waals surface area contributed by atoms with Crippen molar-refractivity contribution in [3.63, 3.8) is 0 Å². The van der Waals surface area contributed by atoms with Gasteiger partial charge in [-0.25, -0.2) is 0 Å². The number of hydrogen-bond donors (Lipinski definition) is 0. The first-order valence-electron chi connectivity index (χ1n) is 4.45. The lowest BCUT2D eigenvalue weighted by Gasteiger charge is -2.03. The minimum absolute atomic E-state index is 0.198. The lowest BCUT2D eigenvalue weighted by Crippen LogP contribution is -2.14. The summed E-state index contributed by atoms with van der Waals surface area (Å²) in [5, 5.41) is 3.96. The number of aromatic nitrogens is 2. The molecule has 0 aliphatic carbocycles. The van der Waals surface area contributed by atoms with Gasteiger partial charge in [0.05, 0.1) is 15.7 Å². The Morgan fingerprint density at radius 3 is 2.50 bits per heavy atom. The number of rotatable bonds is 2. The van der Waals surface area contributed by atoms with Gasteiger partial charge in [-0.1, -0.05) is 11.6 Å². The van der Waals surface area contributed by atoms with Crippen LogP contribution < -0.4 is 0 Å². The Kier molecular flexibility index (Phi) is 2.81. The van der Waals surface area contributed by atoms with Crippen LogP contribution in [0.4, 0.5) is 0 Å². The molecule has 2 aromatic rings. The highest BCUT2D eigenvalue weighted by molar-refractivity contribution is 7.92. The predicted molar refractivity (Wildman–Crippen MR) is 63.6 cm³/mol. The molecule has 0 aromatic carbocycles. The minimum atomic E-state index is -3.59. The van der Waals surface area contributed by atoms with E-state index in [-0.39, 0.29) is 4.21 Å². The SMILES string of the molecule is Cc1cc(C)n(S(=O)(=O)c2ccc(Cl)s2)n1. The average molecular weight is 277 g/mol. The van der Waals surface area contributed by atoms with Gasteiger partial charge >= 0.3 is 0 Å². The summed E-state index contributed by atoms with van der Waals surface area (Å²) in [5.41, 5.74) is 1.26. The van der Waals surface area contributed by atoms with Crippen molar-refractivity contribution in [2.45, 2.75) is 18.1 Å². The molecule has 0 bridgehead atoms. The van der Waals surface area contributed by atoms with Crippen LogP contribution in [0.5, 0.6) is 0 Å². The highest BCUT2D eigenvalue weighted by Crippen LogP contribution is 2.27. The first-order valence-corrected chi connectivity index (χ1v) is 7.09. The molecule has 0 spiro atoms. The Hall–Kier alpha value is -0.850. The summed E-state index contributed by atoms with van der Waals surface area (Å²) in [5.74, 6) is 0. The standard InChI is InChI=1S/C9H9ClN2O2S2/c1-6-5-7(2)12(11-6)16(13,14)9-4-3-8(10)15-9/h3-5H,1-2H3. The molecule has 2 aromatic heterocycles. The molecule has 0 radical (unpaired) electrons. The summed E-state index contributed by atoms with van der Waals surface area (Å²) in [7, 11) is -3.59. The molecule has 0 saturated carbocycles. The fraction of sp³-hybridized carbons (Fsp3) is 0.222. The lowest BCUT2D eigenvalue weighted by molar-refractivity contribution is 0.580. The van der Waals surface area contributed by atoms with Crippen LogP contribution in [-0.4, -0.2) is 17.6 Å². The molecule has 2 rings (SSSR count). The molecule has 0 aliphatic rings. The van der Waals surface area contributed by atoms with Gasteiger partial charge in [0.2, 0.25) is 0 Å². The van der Waals surface area contributed by atoms with Crippen LogP contribution in [-0.2, 0) is 10.0 Å². The Balaban J connectivity index is 2.59. The molecule has 4 nitrogen and oxygen atoms in total. The quantitative estimate of drug-likeness (QED) is 0.847. The molecule has 2 heterocycles. The molecule has 0 atom stereocenters. The van der Waals surface area contributed by atoms with Gasteiger partial charge in [-0.15, -0.1) is 11.3 Å². The van der Waals surface area contributed by atoms with Crippen LogP contribution in [0.1, 0.15) is 11.4 Å². The maximum absolute atomic E-state index is 12.1. The second-order valence-electron chi connectivity index (χ2n) is 3.33.